The molecule has 174 valence electrons. The monoisotopic (exact) mass is 444 g/mol. The topological polar surface area (TPSA) is 113 Å². The first-order chi connectivity index (χ1) is 15.5. The van der Waals surface area contributed by atoms with E-state index in [1.54, 1.807) is 18.2 Å². The van der Waals surface area contributed by atoms with Gasteiger partial charge in [-0.3, -0.25) is 24.1 Å². The van der Waals surface area contributed by atoms with Gasteiger partial charge in [-0.05, 0) is 37.8 Å². The maximum absolute atomic E-state index is 13.0. The number of hydrogen-bond acceptors (Lipinski definition) is 5. The summed E-state index contributed by atoms with van der Waals surface area (Å²) in [5, 5.41) is 11.3. The molecule has 0 saturated carbocycles. The van der Waals surface area contributed by atoms with Crippen LogP contribution in [0.25, 0.3) is 0 Å². The van der Waals surface area contributed by atoms with Crippen LogP contribution < -0.4 is 10.1 Å². The SMILES string of the molecule is O=C(O)CCCCCCCCCCOc1cccc2c1C(=O)N(C1CCCNC1=O)C2=O. The summed E-state index contributed by atoms with van der Waals surface area (Å²) in [5.41, 5.74) is 0.561. The molecule has 0 spiro atoms. The number of carbonyl (C=O) groups excluding carboxylic acids is 3. The summed E-state index contributed by atoms with van der Waals surface area (Å²) in [4.78, 5) is 49.6. The van der Waals surface area contributed by atoms with E-state index in [2.05, 4.69) is 5.32 Å². The standard InChI is InChI=1S/C24H32N2O6/c27-20(28)14-7-5-3-1-2-4-6-8-16-32-19-13-9-11-17-21(19)24(31)26(23(17)30)18-12-10-15-25-22(18)29/h9,11,13,18H,1-8,10,12,14-16H2,(H,25,29)(H,27,28). The van der Waals surface area contributed by atoms with Gasteiger partial charge in [0.15, 0.2) is 0 Å². The Kier molecular flexibility index (Phi) is 8.64. The zero-order valence-electron chi connectivity index (χ0n) is 18.4. The highest BCUT2D eigenvalue weighted by Crippen LogP contribution is 2.33. The third-order valence-electron chi connectivity index (χ3n) is 6.02. The Hall–Kier alpha value is -2.90. The summed E-state index contributed by atoms with van der Waals surface area (Å²) in [5.74, 6) is -1.49. The highest BCUT2D eigenvalue weighted by Gasteiger charge is 2.44. The Morgan fingerprint density at radius 1 is 1.00 bits per heavy atom. The first-order valence-corrected chi connectivity index (χ1v) is 11.6. The fourth-order valence-electron chi connectivity index (χ4n) is 4.30. The number of carboxylic acids is 1. The predicted molar refractivity (Wildman–Crippen MR) is 118 cm³/mol. The lowest BCUT2D eigenvalue weighted by Gasteiger charge is -2.28. The van der Waals surface area contributed by atoms with Gasteiger partial charge in [0.1, 0.15) is 11.8 Å². The minimum absolute atomic E-state index is 0.250. The molecule has 1 fully saturated rings. The maximum Gasteiger partial charge on any atom is 0.303 e. The second-order valence-electron chi connectivity index (χ2n) is 8.43. The quantitative estimate of drug-likeness (QED) is 0.355. The molecule has 3 amide bonds. The van der Waals surface area contributed by atoms with Gasteiger partial charge in [0.25, 0.3) is 11.8 Å². The van der Waals surface area contributed by atoms with E-state index < -0.39 is 23.8 Å². The van der Waals surface area contributed by atoms with Crippen molar-refractivity contribution in [1.82, 2.24) is 10.2 Å². The van der Waals surface area contributed by atoms with E-state index in [0.29, 0.717) is 30.9 Å². The summed E-state index contributed by atoms with van der Waals surface area (Å²) in [7, 11) is 0. The van der Waals surface area contributed by atoms with Crippen molar-refractivity contribution in [2.24, 2.45) is 0 Å². The molecule has 3 rings (SSSR count). The van der Waals surface area contributed by atoms with Gasteiger partial charge in [0.05, 0.1) is 17.7 Å². The second kappa shape index (κ2) is 11.6. The van der Waals surface area contributed by atoms with Gasteiger partial charge in [-0.2, -0.15) is 0 Å². The lowest BCUT2D eigenvalue weighted by atomic mass is 10.1. The molecule has 1 saturated heterocycles. The minimum Gasteiger partial charge on any atom is -0.493 e. The van der Waals surface area contributed by atoms with Crippen LogP contribution in [0.1, 0.15) is 91.3 Å². The Morgan fingerprint density at radius 3 is 2.38 bits per heavy atom. The van der Waals surface area contributed by atoms with Crippen LogP contribution in [0.2, 0.25) is 0 Å². The van der Waals surface area contributed by atoms with Gasteiger partial charge in [-0.1, -0.05) is 44.6 Å². The first-order valence-electron chi connectivity index (χ1n) is 11.6. The van der Waals surface area contributed by atoms with E-state index >= 15 is 0 Å². The average molecular weight is 445 g/mol. The molecule has 2 N–H and O–H groups in total. The van der Waals surface area contributed by atoms with Crippen molar-refractivity contribution in [3.63, 3.8) is 0 Å². The number of fused-ring (bicyclic) bond motifs is 1. The number of ether oxygens (including phenoxy) is 1. The van der Waals surface area contributed by atoms with Crippen LogP contribution in [0, 0.1) is 0 Å². The van der Waals surface area contributed by atoms with Crippen LogP contribution in [0.5, 0.6) is 5.75 Å². The van der Waals surface area contributed by atoms with Gasteiger partial charge in [-0.15, -0.1) is 0 Å². The number of nitrogens with zero attached hydrogens (tertiary/aromatic N) is 1. The van der Waals surface area contributed by atoms with Crippen molar-refractivity contribution in [1.29, 1.82) is 0 Å². The van der Waals surface area contributed by atoms with E-state index in [1.807, 2.05) is 0 Å². The van der Waals surface area contributed by atoms with Crippen molar-refractivity contribution >= 4 is 23.7 Å². The zero-order chi connectivity index (χ0) is 22.9. The van der Waals surface area contributed by atoms with E-state index in [0.717, 1.165) is 62.7 Å². The fraction of sp³-hybridized carbons (Fsp3) is 0.583. The molecule has 1 aromatic rings. The zero-order valence-corrected chi connectivity index (χ0v) is 18.4. The highest BCUT2D eigenvalue weighted by atomic mass is 16.5. The van der Waals surface area contributed by atoms with Crippen molar-refractivity contribution in [2.75, 3.05) is 13.2 Å². The molecule has 32 heavy (non-hydrogen) atoms. The molecular weight excluding hydrogens is 412 g/mol. The highest BCUT2D eigenvalue weighted by molar-refractivity contribution is 6.24. The third-order valence-corrected chi connectivity index (χ3v) is 6.02. The molecule has 0 bridgehead atoms. The fourth-order valence-corrected chi connectivity index (χ4v) is 4.30. The van der Waals surface area contributed by atoms with Crippen LogP contribution >= 0.6 is 0 Å². The number of carbonyl (C=O) groups is 4. The van der Waals surface area contributed by atoms with Crippen molar-refractivity contribution in [3.05, 3.63) is 29.3 Å². The molecule has 1 atom stereocenters. The maximum atomic E-state index is 13.0. The summed E-state index contributed by atoms with van der Waals surface area (Å²) in [6.07, 6.45) is 9.37. The Bertz CT molecular complexity index is 853. The summed E-state index contributed by atoms with van der Waals surface area (Å²) >= 11 is 0. The lowest BCUT2D eigenvalue weighted by Crippen LogP contribution is -2.52. The Morgan fingerprint density at radius 2 is 1.69 bits per heavy atom. The largest absolute Gasteiger partial charge is 0.493 e. The van der Waals surface area contributed by atoms with E-state index in [1.165, 1.54) is 0 Å². The van der Waals surface area contributed by atoms with Gasteiger partial charge >= 0.3 is 5.97 Å². The number of imide groups is 1. The Labute approximate surface area is 188 Å². The number of carboxylic acid groups (broad SMARTS) is 1. The molecule has 1 aromatic carbocycles. The molecule has 0 radical (unpaired) electrons. The van der Waals surface area contributed by atoms with Gasteiger partial charge in [0, 0.05) is 13.0 Å². The molecule has 0 aliphatic carbocycles. The number of amides is 3. The van der Waals surface area contributed by atoms with E-state index in [4.69, 9.17) is 9.84 Å². The Balaban J connectivity index is 1.42. The van der Waals surface area contributed by atoms with Gasteiger partial charge < -0.3 is 15.2 Å². The van der Waals surface area contributed by atoms with E-state index in [-0.39, 0.29) is 17.9 Å². The first kappa shape index (κ1) is 23.8. The van der Waals surface area contributed by atoms with Crippen molar-refractivity contribution in [2.45, 2.75) is 76.7 Å². The lowest BCUT2D eigenvalue weighted by molar-refractivity contribution is -0.137. The van der Waals surface area contributed by atoms with Crippen LogP contribution in [0.3, 0.4) is 0 Å². The molecule has 1 unspecified atom stereocenters. The summed E-state index contributed by atoms with van der Waals surface area (Å²) in [6, 6.07) is 4.26. The van der Waals surface area contributed by atoms with Crippen LogP contribution in [-0.2, 0) is 9.59 Å². The second-order valence-corrected chi connectivity index (χ2v) is 8.43. The number of hydrogen-bond donors (Lipinski definition) is 2. The normalized spacial score (nSPS) is 17.9. The average Bonchev–Trinajstić information content (AvgIpc) is 3.03. The molecule has 2 heterocycles. The molecular formula is C24H32N2O6. The number of aliphatic carboxylic acids is 1. The third kappa shape index (κ3) is 5.87. The van der Waals surface area contributed by atoms with Crippen molar-refractivity contribution in [3.8, 4) is 5.75 Å². The van der Waals surface area contributed by atoms with E-state index in [9.17, 15) is 19.2 Å². The molecule has 0 aromatic heterocycles. The molecule has 2 aliphatic rings. The minimum atomic E-state index is -0.756. The number of benzene rings is 1. The van der Waals surface area contributed by atoms with Crippen LogP contribution in [0.15, 0.2) is 18.2 Å². The van der Waals surface area contributed by atoms with Crippen LogP contribution in [0.4, 0.5) is 0 Å². The molecule has 8 heteroatoms. The summed E-state index contributed by atoms with van der Waals surface area (Å²) in [6.45, 7) is 1.03. The number of rotatable bonds is 13. The number of nitrogens with one attached hydrogen (secondary N) is 1. The van der Waals surface area contributed by atoms with Crippen molar-refractivity contribution < 1.29 is 29.0 Å². The smallest absolute Gasteiger partial charge is 0.303 e. The van der Waals surface area contributed by atoms with Gasteiger partial charge in [0.2, 0.25) is 5.91 Å². The summed E-state index contributed by atoms with van der Waals surface area (Å²) < 4.78 is 5.86. The molecule has 2 aliphatic heterocycles. The predicted octanol–water partition coefficient (Wildman–Crippen LogP) is 3.54. The number of piperidine rings is 1. The van der Waals surface area contributed by atoms with Gasteiger partial charge in [-0.25, -0.2) is 0 Å². The van der Waals surface area contributed by atoms with Crippen LogP contribution in [-0.4, -0.2) is 52.9 Å². The molecule has 8 nitrogen and oxygen atoms in total. The number of unbranched alkanes of at least 4 members (excludes halogenated alkanes) is 7.